The van der Waals surface area contributed by atoms with Crippen molar-refractivity contribution in [2.24, 2.45) is 0 Å². The zero-order valence-corrected chi connectivity index (χ0v) is 10.1. The Morgan fingerprint density at radius 2 is 2.24 bits per heavy atom. The highest BCUT2D eigenvalue weighted by Crippen LogP contribution is 2.21. The summed E-state index contributed by atoms with van der Waals surface area (Å²) < 4.78 is 13.0. The highest BCUT2D eigenvalue weighted by Gasteiger charge is 2.14. The van der Waals surface area contributed by atoms with Gasteiger partial charge in [-0.3, -0.25) is 10.1 Å². The smallest absolute Gasteiger partial charge is 0.272 e. The molecule has 0 heterocycles. The summed E-state index contributed by atoms with van der Waals surface area (Å²) in [6.07, 6.45) is 1.25. The van der Waals surface area contributed by atoms with E-state index in [1.54, 1.807) is 0 Å². The highest BCUT2D eigenvalue weighted by molar-refractivity contribution is 5.40. The average molecular weight is 240 g/mol. The third-order valence-corrected chi connectivity index (χ3v) is 2.64. The number of aryl methyl sites for hydroxylation is 1. The standard InChI is InChI=1S/C12H17FN2O2/c1-3-14-9(2)4-5-10-8-11(13)6-7-12(10)15(16)17/h6-9,14H,3-5H2,1-2H3. The maximum Gasteiger partial charge on any atom is 0.272 e. The van der Waals surface area contributed by atoms with Crippen LogP contribution in [0, 0.1) is 15.9 Å². The molecule has 0 fully saturated rings. The first-order valence-corrected chi connectivity index (χ1v) is 5.70. The monoisotopic (exact) mass is 240 g/mol. The Bertz CT molecular complexity index is 396. The second kappa shape index (κ2) is 6.30. The number of hydrogen-bond acceptors (Lipinski definition) is 3. The predicted molar refractivity (Wildman–Crippen MR) is 64.5 cm³/mol. The van der Waals surface area contributed by atoms with Crippen molar-refractivity contribution in [1.29, 1.82) is 0 Å². The van der Waals surface area contributed by atoms with E-state index in [-0.39, 0.29) is 11.7 Å². The lowest BCUT2D eigenvalue weighted by molar-refractivity contribution is -0.385. The van der Waals surface area contributed by atoms with E-state index in [4.69, 9.17) is 0 Å². The van der Waals surface area contributed by atoms with Gasteiger partial charge in [-0.15, -0.1) is 0 Å². The third-order valence-electron chi connectivity index (χ3n) is 2.64. The van der Waals surface area contributed by atoms with Crippen LogP contribution in [0.3, 0.4) is 0 Å². The van der Waals surface area contributed by atoms with Crippen molar-refractivity contribution in [3.63, 3.8) is 0 Å². The summed E-state index contributed by atoms with van der Waals surface area (Å²) in [6, 6.07) is 3.86. The molecule has 0 aliphatic rings. The molecule has 0 saturated carbocycles. The topological polar surface area (TPSA) is 55.2 Å². The Kier molecular flexibility index (Phi) is 5.03. The molecule has 1 aromatic carbocycles. The first kappa shape index (κ1) is 13.6. The molecular weight excluding hydrogens is 223 g/mol. The largest absolute Gasteiger partial charge is 0.315 e. The molecule has 0 aliphatic carbocycles. The van der Waals surface area contributed by atoms with Crippen molar-refractivity contribution in [2.45, 2.75) is 32.7 Å². The maximum atomic E-state index is 13.0. The number of nitro groups is 1. The van der Waals surface area contributed by atoms with Crippen LogP contribution in [0.25, 0.3) is 0 Å². The van der Waals surface area contributed by atoms with Gasteiger partial charge in [-0.05, 0) is 38.4 Å². The van der Waals surface area contributed by atoms with Crippen molar-refractivity contribution < 1.29 is 9.31 Å². The fourth-order valence-corrected chi connectivity index (χ4v) is 1.75. The molecule has 1 aromatic rings. The zero-order valence-electron chi connectivity index (χ0n) is 10.1. The van der Waals surface area contributed by atoms with Gasteiger partial charge < -0.3 is 5.32 Å². The molecule has 1 atom stereocenters. The first-order valence-electron chi connectivity index (χ1n) is 5.70. The number of nitrogens with zero attached hydrogens (tertiary/aromatic N) is 1. The second-order valence-electron chi connectivity index (χ2n) is 4.03. The van der Waals surface area contributed by atoms with Gasteiger partial charge in [-0.25, -0.2) is 4.39 Å². The number of hydrogen-bond donors (Lipinski definition) is 1. The highest BCUT2D eigenvalue weighted by atomic mass is 19.1. The van der Waals surface area contributed by atoms with E-state index in [2.05, 4.69) is 5.32 Å². The van der Waals surface area contributed by atoms with Crippen molar-refractivity contribution in [2.75, 3.05) is 6.54 Å². The van der Waals surface area contributed by atoms with E-state index in [9.17, 15) is 14.5 Å². The number of nitrogens with one attached hydrogen (secondary N) is 1. The average Bonchev–Trinajstić information content (AvgIpc) is 2.26. The van der Waals surface area contributed by atoms with Gasteiger partial charge in [-0.1, -0.05) is 6.92 Å². The summed E-state index contributed by atoms with van der Waals surface area (Å²) in [5.41, 5.74) is 0.454. The number of rotatable bonds is 6. The second-order valence-corrected chi connectivity index (χ2v) is 4.03. The molecule has 5 heteroatoms. The van der Waals surface area contributed by atoms with Crippen LogP contribution in [0.4, 0.5) is 10.1 Å². The van der Waals surface area contributed by atoms with Crippen LogP contribution in [0.5, 0.6) is 0 Å². The van der Waals surface area contributed by atoms with Crippen LogP contribution in [0.2, 0.25) is 0 Å². The summed E-state index contributed by atoms with van der Waals surface area (Å²) in [7, 11) is 0. The molecule has 0 aromatic heterocycles. The van der Waals surface area contributed by atoms with Gasteiger partial charge in [0.15, 0.2) is 0 Å². The van der Waals surface area contributed by atoms with Crippen molar-refractivity contribution in [1.82, 2.24) is 5.32 Å². The molecule has 0 radical (unpaired) electrons. The van der Waals surface area contributed by atoms with Gasteiger partial charge in [0.2, 0.25) is 0 Å². The van der Waals surface area contributed by atoms with Crippen LogP contribution in [-0.4, -0.2) is 17.5 Å². The normalized spacial score (nSPS) is 12.4. The number of benzene rings is 1. The molecule has 1 unspecified atom stereocenters. The van der Waals surface area contributed by atoms with Crippen molar-refractivity contribution >= 4 is 5.69 Å². The molecule has 17 heavy (non-hydrogen) atoms. The molecule has 1 rings (SSSR count). The molecule has 94 valence electrons. The molecule has 0 bridgehead atoms. The first-order chi connectivity index (χ1) is 8.04. The quantitative estimate of drug-likeness (QED) is 0.614. The minimum Gasteiger partial charge on any atom is -0.315 e. The molecule has 0 amide bonds. The van der Waals surface area contributed by atoms with Gasteiger partial charge in [0.05, 0.1) is 4.92 Å². The Hall–Kier alpha value is -1.49. The number of nitro benzene ring substituents is 1. The van der Waals surface area contributed by atoms with Gasteiger partial charge in [0.25, 0.3) is 5.69 Å². The van der Waals surface area contributed by atoms with Crippen LogP contribution in [0.1, 0.15) is 25.8 Å². The summed E-state index contributed by atoms with van der Waals surface area (Å²) in [5.74, 6) is -0.429. The molecule has 4 nitrogen and oxygen atoms in total. The molecule has 0 spiro atoms. The van der Waals surface area contributed by atoms with E-state index in [0.717, 1.165) is 19.0 Å². The van der Waals surface area contributed by atoms with E-state index < -0.39 is 10.7 Å². The van der Waals surface area contributed by atoms with Gasteiger partial charge in [-0.2, -0.15) is 0 Å². The van der Waals surface area contributed by atoms with Crippen molar-refractivity contribution in [3.05, 3.63) is 39.7 Å². The van der Waals surface area contributed by atoms with Crippen LogP contribution < -0.4 is 5.32 Å². The number of halogens is 1. The molecule has 0 aliphatic heterocycles. The fraction of sp³-hybridized carbons (Fsp3) is 0.500. The Labute approximate surface area is 100.0 Å². The summed E-state index contributed by atoms with van der Waals surface area (Å²) >= 11 is 0. The van der Waals surface area contributed by atoms with E-state index in [0.29, 0.717) is 12.0 Å². The molecule has 0 saturated heterocycles. The lowest BCUT2D eigenvalue weighted by atomic mass is 10.0. The van der Waals surface area contributed by atoms with Gasteiger partial charge in [0.1, 0.15) is 5.82 Å². The van der Waals surface area contributed by atoms with E-state index >= 15 is 0 Å². The lowest BCUT2D eigenvalue weighted by Gasteiger charge is -2.11. The maximum absolute atomic E-state index is 13.0. The SMILES string of the molecule is CCNC(C)CCc1cc(F)ccc1[N+](=O)[O-]. The van der Waals surface area contributed by atoms with E-state index in [1.165, 1.54) is 12.1 Å². The van der Waals surface area contributed by atoms with Gasteiger partial charge >= 0.3 is 0 Å². The minimum absolute atomic E-state index is 0.00454. The summed E-state index contributed by atoms with van der Waals surface area (Å²) in [4.78, 5) is 10.3. The van der Waals surface area contributed by atoms with Crippen LogP contribution >= 0.6 is 0 Å². The van der Waals surface area contributed by atoms with Crippen LogP contribution in [0.15, 0.2) is 18.2 Å². The summed E-state index contributed by atoms with van der Waals surface area (Å²) in [6.45, 7) is 4.86. The fourth-order valence-electron chi connectivity index (χ4n) is 1.75. The Morgan fingerprint density at radius 1 is 1.53 bits per heavy atom. The van der Waals surface area contributed by atoms with Crippen LogP contribution in [-0.2, 0) is 6.42 Å². The lowest BCUT2D eigenvalue weighted by Crippen LogP contribution is -2.26. The Morgan fingerprint density at radius 3 is 2.82 bits per heavy atom. The zero-order chi connectivity index (χ0) is 12.8. The van der Waals surface area contributed by atoms with E-state index in [1.807, 2.05) is 13.8 Å². The minimum atomic E-state index is -0.466. The predicted octanol–water partition coefficient (Wildman–Crippen LogP) is 2.66. The molecular formula is C12H17FN2O2. The van der Waals surface area contributed by atoms with Gasteiger partial charge in [0, 0.05) is 17.7 Å². The summed E-state index contributed by atoms with van der Waals surface area (Å²) in [5, 5.41) is 14.0. The Balaban J connectivity index is 2.75. The molecule has 1 N–H and O–H groups in total. The third kappa shape index (κ3) is 4.11. The van der Waals surface area contributed by atoms with Crippen molar-refractivity contribution in [3.8, 4) is 0 Å².